The zero-order valence-electron chi connectivity index (χ0n) is 9.96. The van der Waals surface area contributed by atoms with Gasteiger partial charge in [0.25, 0.3) is 0 Å². The lowest BCUT2D eigenvalue weighted by molar-refractivity contribution is -0.143. The highest BCUT2D eigenvalue weighted by Crippen LogP contribution is 2.34. The maximum atomic E-state index is 11.2. The molecule has 0 unspecified atom stereocenters. The molecule has 0 aromatic carbocycles. The van der Waals surface area contributed by atoms with Gasteiger partial charge in [-0.05, 0) is 18.7 Å². The Morgan fingerprint density at radius 1 is 1.42 bits per heavy atom. The number of carbonyl (C=O) groups excluding carboxylic acids is 1. The lowest BCUT2D eigenvalue weighted by Crippen LogP contribution is -2.04. The van der Waals surface area contributed by atoms with Crippen molar-refractivity contribution in [2.24, 2.45) is 0 Å². The van der Waals surface area contributed by atoms with Gasteiger partial charge in [0.1, 0.15) is 9.34 Å². The van der Waals surface area contributed by atoms with Gasteiger partial charge < -0.3 is 4.74 Å². The largest absolute Gasteiger partial charge is 0.466 e. The minimum Gasteiger partial charge on any atom is -0.466 e. The fraction of sp³-hybridized carbons (Fsp3) is 0.400. The number of thiazole rings is 1. The Morgan fingerprint density at radius 2 is 2.26 bits per heavy atom. The molecule has 0 fully saturated rings. The van der Waals surface area contributed by atoms with E-state index in [-0.39, 0.29) is 5.97 Å². The molecule has 102 valence electrons. The molecule has 0 N–H and O–H groups in total. The van der Waals surface area contributed by atoms with E-state index in [1.54, 1.807) is 13.1 Å². The molecule has 0 saturated carbocycles. The van der Waals surface area contributed by atoms with E-state index in [9.17, 15) is 4.79 Å². The summed E-state index contributed by atoms with van der Waals surface area (Å²) in [7, 11) is 0. The molecule has 0 aliphatic heterocycles. The summed E-state index contributed by atoms with van der Waals surface area (Å²) in [5.41, 5.74) is 0. The topological polar surface area (TPSA) is 65.0 Å². The Kier molecular flexibility index (Phi) is 5.56. The molecule has 19 heavy (non-hydrogen) atoms. The fourth-order valence-corrected chi connectivity index (χ4v) is 4.40. The third kappa shape index (κ3) is 4.72. The third-order valence-corrected chi connectivity index (χ3v) is 5.15. The Balaban J connectivity index is 1.86. The van der Waals surface area contributed by atoms with Crippen LogP contribution in [0.4, 0.5) is 0 Å². The molecule has 0 atom stereocenters. The van der Waals surface area contributed by atoms with Crippen molar-refractivity contribution in [2.75, 3.05) is 6.61 Å². The van der Waals surface area contributed by atoms with Crippen molar-refractivity contribution in [3.63, 3.8) is 0 Å². The fourth-order valence-electron chi connectivity index (χ4n) is 1.18. The lowest BCUT2D eigenvalue weighted by atomic mass is 10.3. The number of hydrogen-bond acceptors (Lipinski definition) is 8. The van der Waals surface area contributed by atoms with E-state index in [1.807, 2.05) is 0 Å². The van der Waals surface area contributed by atoms with Crippen molar-refractivity contribution >= 4 is 52.0 Å². The smallest absolute Gasteiger partial charge is 0.306 e. The Bertz CT molecular complexity index is 558. The van der Waals surface area contributed by atoms with Crippen molar-refractivity contribution in [2.45, 2.75) is 28.4 Å². The second-order valence-electron chi connectivity index (χ2n) is 3.30. The van der Waals surface area contributed by atoms with E-state index in [1.165, 1.54) is 34.4 Å². The first-order valence-electron chi connectivity index (χ1n) is 5.44. The van der Waals surface area contributed by atoms with Crippen LogP contribution in [-0.2, 0) is 16.0 Å². The summed E-state index contributed by atoms with van der Waals surface area (Å²) in [6.07, 6.45) is 2.49. The average Bonchev–Trinajstić information content (AvgIpc) is 2.97. The van der Waals surface area contributed by atoms with Crippen molar-refractivity contribution in [3.05, 3.63) is 15.5 Å². The number of hydrogen-bond donors (Lipinski definition) is 0. The monoisotopic (exact) mass is 335 g/mol. The van der Waals surface area contributed by atoms with Crippen LogP contribution in [0.2, 0.25) is 4.34 Å². The van der Waals surface area contributed by atoms with Crippen LogP contribution in [0.3, 0.4) is 0 Å². The van der Waals surface area contributed by atoms with Gasteiger partial charge in [-0.3, -0.25) is 4.79 Å². The van der Waals surface area contributed by atoms with Crippen molar-refractivity contribution < 1.29 is 9.53 Å². The predicted molar refractivity (Wildman–Crippen MR) is 76.1 cm³/mol. The van der Waals surface area contributed by atoms with Crippen LogP contribution < -0.4 is 0 Å². The van der Waals surface area contributed by atoms with Gasteiger partial charge in [0.2, 0.25) is 0 Å². The van der Waals surface area contributed by atoms with Gasteiger partial charge in [0.15, 0.2) is 8.68 Å². The van der Waals surface area contributed by atoms with Crippen LogP contribution in [0.1, 0.15) is 18.4 Å². The Hall–Kier alpha value is -0.700. The molecule has 0 aliphatic carbocycles. The predicted octanol–water partition coefficient (Wildman–Crippen LogP) is 3.29. The Morgan fingerprint density at radius 3 is 2.95 bits per heavy atom. The first kappa shape index (κ1) is 14.7. The van der Waals surface area contributed by atoms with Crippen LogP contribution in [0.15, 0.2) is 14.9 Å². The van der Waals surface area contributed by atoms with E-state index in [0.717, 1.165) is 13.7 Å². The maximum absolute atomic E-state index is 11.2. The minimum absolute atomic E-state index is 0.210. The van der Waals surface area contributed by atoms with E-state index < -0.39 is 0 Å². The summed E-state index contributed by atoms with van der Waals surface area (Å²) in [5, 5.41) is 8.90. The number of carbonyl (C=O) groups is 1. The van der Waals surface area contributed by atoms with Gasteiger partial charge >= 0.3 is 5.97 Å². The molecule has 0 aliphatic rings. The van der Waals surface area contributed by atoms with Gasteiger partial charge in [0, 0.05) is 6.42 Å². The van der Waals surface area contributed by atoms with Gasteiger partial charge in [-0.2, -0.15) is 0 Å². The van der Waals surface area contributed by atoms with Crippen LogP contribution in [-0.4, -0.2) is 27.8 Å². The van der Waals surface area contributed by atoms with E-state index in [2.05, 4.69) is 15.2 Å². The van der Waals surface area contributed by atoms with Crippen LogP contribution in [0.25, 0.3) is 0 Å². The normalized spacial score (nSPS) is 10.6. The summed E-state index contributed by atoms with van der Waals surface area (Å²) in [4.78, 5) is 15.4. The number of halogens is 1. The van der Waals surface area contributed by atoms with E-state index >= 15 is 0 Å². The van der Waals surface area contributed by atoms with Crippen molar-refractivity contribution in [3.8, 4) is 0 Å². The zero-order chi connectivity index (χ0) is 13.7. The summed E-state index contributed by atoms with van der Waals surface area (Å²) >= 11 is 10.1. The molecular formula is C10H10ClN3O2S3. The molecule has 2 aromatic heterocycles. The quantitative estimate of drug-likeness (QED) is 0.755. The number of rotatable bonds is 6. The molecule has 0 spiro atoms. The zero-order valence-corrected chi connectivity index (χ0v) is 13.2. The summed E-state index contributed by atoms with van der Waals surface area (Å²) < 4.78 is 7.13. The second-order valence-corrected chi connectivity index (χ2v) is 7.52. The van der Waals surface area contributed by atoms with Crippen molar-refractivity contribution in [1.82, 2.24) is 15.2 Å². The third-order valence-electron chi connectivity index (χ3n) is 1.93. The highest BCUT2D eigenvalue weighted by Gasteiger charge is 2.10. The lowest BCUT2D eigenvalue weighted by Gasteiger charge is -1.98. The average molecular weight is 336 g/mol. The van der Waals surface area contributed by atoms with Gasteiger partial charge in [-0.1, -0.05) is 34.3 Å². The number of aryl methyl sites for hydroxylation is 1. The van der Waals surface area contributed by atoms with Gasteiger partial charge in [-0.25, -0.2) is 4.98 Å². The van der Waals surface area contributed by atoms with E-state index in [4.69, 9.17) is 16.3 Å². The number of aromatic nitrogens is 3. The van der Waals surface area contributed by atoms with Crippen LogP contribution in [0.5, 0.6) is 0 Å². The standard InChI is InChI=1S/C10H10ClN3O2S3/c1-2-16-8(15)4-3-7-13-14-10(18-7)19-9-12-5-6(11)17-9/h5H,2-4H2,1H3. The second kappa shape index (κ2) is 7.18. The molecule has 2 heterocycles. The summed E-state index contributed by atoms with van der Waals surface area (Å²) in [6.45, 7) is 2.19. The molecule has 5 nitrogen and oxygen atoms in total. The van der Waals surface area contributed by atoms with Gasteiger partial charge in [-0.15, -0.1) is 10.2 Å². The van der Waals surface area contributed by atoms with Crippen LogP contribution in [0, 0.1) is 0 Å². The molecule has 0 radical (unpaired) electrons. The number of ether oxygens (including phenoxy) is 1. The van der Waals surface area contributed by atoms with Crippen molar-refractivity contribution in [1.29, 1.82) is 0 Å². The molecule has 0 amide bonds. The molecule has 0 saturated heterocycles. The number of nitrogens with zero attached hydrogens (tertiary/aromatic N) is 3. The maximum Gasteiger partial charge on any atom is 0.306 e. The molecule has 0 bridgehead atoms. The molecule has 2 aromatic rings. The molecule has 9 heteroatoms. The van der Waals surface area contributed by atoms with Crippen LogP contribution >= 0.6 is 46.0 Å². The Labute approximate surface area is 127 Å². The first-order chi connectivity index (χ1) is 9.17. The highest BCUT2D eigenvalue weighted by atomic mass is 35.5. The first-order valence-corrected chi connectivity index (χ1v) is 8.27. The SMILES string of the molecule is CCOC(=O)CCc1nnc(Sc2ncc(Cl)s2)s1. The molecular weight excluding hydrogens is 326 g/mol. The minimum atomic E-state index is -0.210. The number of esters is 1. The van der Waals surface area contributed by atoms with E-state index in [0.29, 0.717) is 23.8 Å². The summed E-state index contributed by atoms with van der Waals surface area (Å²) in [5.74, 6) is -0.210. The van der Waals surface area contributed by atoms with Gasteiger partial charge in [0.05, 0.1) is 19.2 Å². The highest BCUT2D eigenvalue weighted by molar-refractivity contribution is 8.02. The summed E-state index contributed by atoms with van der Waals surface area (Å²) in [6, 6.07) is 0. The molecule has 2 rings (SSSR count).